The van der Waals surface area contributed by atoms with Gasteiger partial charge in [0.15, 0.2) is 0 Å². The van der Waals surface area contributed by atoms with Crippen LogP contribution in [0.3, 0.4) is 0 Å². The lowest BCUT2D eigenvalue weighted by Gasteiger charge is -2.24. The Morgan fingerprint density at radius 1 is 1.27 bits per heavy atom. The number of hydrogen-bond acceptors (Lipinski definition) is 2. The third-order valence-electron chi connectivity index (χ3n) is 2.54. The lowest BCUT2D eigenvalue weighted by molar-refractivity contribution is 0.139. The van der Waals surface area contributed by atoms with Crippen LogP contribution >= 0.6 is 0 Å². The topological polar surface area (TPSA) is 82.8 Å². The Kier molecular flexibility index (Phi) is 2.11. The Hall–Kier alpha value is -1.98. The van der Waals surface area contributed by atoms with Crippen molar-refractivity contribution < 1.29 is 19.8 Å². The fourth-order valence-electron chi connectivity index (χ4n) is 1.80. The number of hydrogen-bond donors (Lipinski definition) is 2. The van der Waals surface area contributed by atoms with Crippen molar-refractivity contribution in [1.82, 2.24) is 9.47 Å². The largest absolute Gasteiger partial charge is 0.465 e. The quantitative estimate of drug-likeness (QED) is 0.670. The van der Waals surface area contributed by atoms with E-state index in [4.69, 9.17) is 10.2 Å². The van der Waals surface area contributed by atoms with Crippen molar-refractivity contribution in [3.8, 4) is 0 Å². The van der Waals surface area contributed by atoms with Crippen molar-refractivity contribution in [2.24, 2.45) is 0 Å². The first-order valence-corrected chi connectivity index (χ1v) is 4.50. The fraction of sp³-hybridized carbons (Fsp3) is 0.333. The molecule has 2 N–H and O–H groups in total. The van der Waals surface area contributed by atoms with Crippen LogP contribution in [0.2, 0.25) is 0 Å². The molecule has 2 rings (SSSR count). The molecule has 1 aromatic heterocycles. The van der Waals surface area contributed by atoms with Crippen LogP contribution in [0.15, 0.2) is 12.3 Å². The van der Waals surface area contributed by atoms with E-state index < -0.39 is 12.2 Å². The van der Waals surface area contributed by atoms with Gasteiger partial charge >= 0.3 is 12.2 Å². The van der Waals surface area contributed by atoms with E-state index in [9.17, 15) is 9.59 Å². The van der Waals surface area contributed by atoms with Gasteiger partial charge in [0, 0.05) is 24.9 Å². The van der Waals surface area contributed by atoms with E-state index in [1.807, 2.05) is 0 Å². The fourth-order valence-corrected chi connectivity index (χ4v) is 1.80. The molecule has 0 atom stereocenters. The maximum Gasteiger partial charge on any atom is 0.415 e. The number of fused-ring (bicyclic) bond motifs is 1. The summed E-state index contributed by atoms with van der Waals surface area (Å²) in [6, 6.07) is 1.65. The highest BCUT2D eigenvalue weighted by Gasteiger charge is 2.23. The molecule has 0 saturated heterocycles. The molecule has 0 bridgehead atoms. The summed E-state index contributed by atoms with van der Waals surface area (Å²) in [5.41, 5.74) is 1.46. The number of carbonyl (C=O) groups is 2. The van der Waals surface area contributed by atoms with E-state index in [0.717, 1.165) is 10.1 Å². The zero-order valence-corrected chi connectivity index (χ0v) is 7.88. The van der Waals surface area contributed by atoms with Gasteiger partial charge in [-0.3, -0.25) is 4.57 Å². The Morgan fingerprint density at radius 2 is 2.00 bits per heavy atom. The van der Waals surface area contributed by atoms with Gasteiger partial charge in [0.1, 0.15) is 0 Å². The number of nitrogens with zero attached hydrogens (tertiary/aromatic N) is 2. The van der Waals surface area contributed by atoms with Gasteiger partial charge in [-0.1, -0.05) is 0 Å². The molecule has 0 radical (unpaired) electrons. The summed E-state index contributed by atoms with van der Waals surface area (Å²) in [5.74, 6) is 0. The Bertz CT molecular complexity index is 424. The summed E-state index contributed by atoms with van der Waals surface area (Å²) in [6.45, 7) is 0.616. The van der Waals surface area contributed by atoms with Gasteiger partial charge in [0.25, 0.3) is 0 Å². The molecule has 2 heterocycles. The Balaban J connectivity index is 2.30. The molecule has 0 saturated carbocycles. The zero-order chi connectivity index (χ0) is 11.0. The van der Waals surface area contributed by atoms with Crippen LogP contribution in [0.25, 0.3) is 0 Å². The third kappa shape index (κ3) is 1.54. The molecular weight excluding hydrogens is 200 g/mol. The van der Waals surface area contributed by atoms with E-state index in [0.29, 0.717) is 18.7 Å². The van der Waals surface area contributed by atoms with E-state index in [1.54, 1.807) is 6.07 Å². The maximum absolute atomic E-state index is 10.8. The van der Waals surface area contributed by atoms with Crippen LogP contribution in [-0.4, -0.2) is 38.4 Å². The first-order chi connectivity index (χ1) is 7.09. The highest BCUT2D eigenvalue weighted by molar-refractivity contribution is 5.70. The normalized spacial score (nSPS) is 14.8. The van der Waals surface area contributed by atoms with Crippen molar-refractivity contribution in [3.63, 3.8) is 0 Å². The van der Waals surface area contributed by atoms with Gasteiger partial charge < -0.3 is 15.1 Å². The second-order valence-electron chi connectivity index (χ2n) is 3.39. The molecule has 80 valence electrons. The number of aromatic nitrogens is 1. The average Bonchev–Trinajstić information content (AvgIpc) is 2.59. The molecule has 0 fully saturated rings. The van der Waals surface area contributed by atoms with E-state index in [-0.39, 0.29) is 6.54 Å². The molecular formula is C9H10N2O4. The molecule has 6 heteroatoms. The van der Waals surface area contributed by atoms with Crippen molar-refractivity contribution in [3.05, 3.63) is 23.5 Å². The van der Waals surface area contributed by atoms with E-state index in [1.165, 1.54) is 11.1 Å². The van der Waals surface area contributed by atoms with Gasteiger partial charge in [0.05, 0.1) is 6.54 Å². The standard InChI is InChI=1S/C9H10N2O4/c12-8(13)10-3-2-7-6(5-10)1-4-11(7)9(14)15/h1,4H,2-3,5H2,(H,12,13)(H,14,15). The van der Waals surface area contributed by atoms with Gasteiger partial charge in [-0.25, -0.2) is 9.59 Å². The van der Waals surface area contributed by atoms with E-state index >= 15 is 0 Å². The summed E-state index contributed by atoms with van der Waals surface area (Å²) in [7, 11) is 0. The van der Waals surface area contributed by atoms with Crippen molar-refractivity contribution >= 4 is 12.2 Å². The third-order valence-corrected chi connectivity index (χ3v) is 2.54. The number of amides is 1. The molecule has 1 aromatic rings. The summed E-state index contributed by atoms with van der Waals surface area (Å²) in [5, 5.41) is 17.6. The highest BCUT2D eigenvalue weighted by Crippen LogP contribution is 2.19. The van der Waals surface area contributed by atoms with Gasteiger partial charge in [-0.2, -0.15) is 0 Å². The summed E-state index contributed by atoms with van der Waals surface area (Å²) >= 11 is 0. The van der Waals surface area contributed by atoms with Gasteiger partial charge in [-0.15, -0.1) is 0 Å². The molecule has 0 unspecified atom stereocenters. The van der Waals surface area contributed by atoms with E-state index in [2.05, 4.69) is 0 Å². The van der Waals surface area contributed by atoms with Crippen molar-refractivity contribution in [2.75, 3.05) is 6.54 Å². The van der Waals surface area contributed by atoms with Crippen molar-refractivity contribution in [1.29, 1.82) is 0 Å². The predicted octanol–water partition coefficient (Wildman–Crippen LogP) is 1.05. The first-order valence-electron chi connectivity index (χ1n) is 4.50. The van der Waals surface area contributed by atoms with Crippen LogP contribution < -0.4 is 0 Å². The monoisotopic (exact) mass is 210 g/mol. The minimum absolute atomic E-state index is 0.269. The van der Waals surface area contributed by atoms with Crippen LogP contribution in [0.4, 0.5) is 9.59 Å². The van der Waals surface area contributed by atoms with Crippen LogP contribution in [0.1, 0.15) is 11.3 Å². The lowest BCUT2D eigenvalue weighted by atomic mass is 10.1. The smallest absolute Gasteiger partial charge is 0.415 e. The number of rotatable bonds is 0. The predicted molar refractivity (Wildman–Crippen MR) is 50.0 cm³/mol. The summed E-state index contributed by atoms with van der Waals surface area (Å²) in [6.07, 6.45) is -0.0945. The second-order valence-corrected chi connectivity index (χ2v) is 3.39. The highest BCUT2D eigenvalue weighted by atomic mass is 16.4. The number of carboxylic acid groups (broad SMARTS) is 2. The average molecular weight is 210 g/mol. The Labute approximate surface area is 85.3 Å². The SMILES string of the molecule is O=C(O)N1CCc2c(ccn2C(=O)O)C1. The molecule has 0 aliphatic carbocycles. The molecule has 1 aliphatic heterocycles. The molecule has 1 aliphatic rings. The minimum atomic E-state index is -1.03. The molecule has 0 spiro atoms. The molecule has 15 heavy (non-hydrogen) atoms. The van der Waals surface area contributed by atoms with Gasteiger partial charge in [0.2, 0.25) is 0 Å². The maximum atomic E-state index is 10.8. The van der Waals surface area contributed by atoms with Crippen LogP contribution in [-0.2, 0) is 13.0 Å². The van der Waals surface area contributed by atoms with Gasteiger partial charge in [-0.05, 0) is 11.6 Å². The second kappa shape index (κ2) is 3.30. The van der Waals surface area contributed by atoms with Crippen LogP contribution in [0, 0.1) is 0 Å². The van der Waals surface area contributed by atoms with Crippen LogP contribution in [0.5, 0.6) is 0 Å². The molecule has 0 aromatic carbocycles. The first kappa shape index (κ1) is 9.57. The summed E-state index contributed by atoms with van der Waals surface area (Å²) in [4.78, 5) is 22.8. The minimum Gasteiger partial charge on any atom is -0.465 e. The molecule has 6 nitrogen and oxygen atoms in total. The molecule has 1 amide bonds. The lowest BCUT2D eigenvalue weighted by Crippen LogP contribution is -2.35. The Morgan fingerprint density at radius 3 is 2.60 bits per heavy atom. The van der Waals surface area contributed by atoms with Crippen molar-refractivity contribution in [2.45, 2.75) is 13.0 Å². The zero-order valence-electron chi connectivity index (χ0n) is 7.88. The summed E-state index contributed by atoms with van der Waals surface area (Å²) < 4.78 is 1.15.